The zero-order valence-corrected chi connectivity index (χ0v) is 8.73. The number of hydrogen-bond acceptors (Lipinski definition) is 3. The Hall–Kier alpha value is -1.56. The molecule has 0 unspecified atom stereocenters. The second-order valence-electron chi connectivity index (χ2n) is 2.94. The fourth-order valence-electron chi connectivity index (χ4n) is 0.812. The molecule has 0 aliphatic carbocycles. The molecule has 0 bridgehead atoms. The van der Waals surface area contributed by atoms with Crippen LogP contribution in [0.15, 0.2) is 12.7 Å². The zero-order chi connectivity index (χ0) is 11.7. The van der Waals surface area contributed by atoms with Crippen LogP contribution in [0, 0.1) is 0 Å². The van der Waals surface area contributed by atoms with Gasteiger partial charge in [-0.15, -0.1) is 6.58 Å². The van der Waals surface area contributed by atoms with Crippen LogP contribution in [0.25, 0.3) is 0 Å². The summed E-state index contributed by atoms with van der Waals surface area (Å²) in [5.41, 5.74) is 2.02. The summed E-state index contributed by atoms with van der Waals surface area (Å²) in [5, 5.41) is 8.24. The molecule has 0 spiro atoms. The maximum Gasteiger partial charge on any atom is 0.341 e. The van der Waals surface area contributed by atoms with Gasteiger partial charge in [-0.3, -0.25) is 4.84 Å². The first-order valence-electron chi connectivity index (χ1n) is 4.53. The lowest BCUT2D eigenvalue weighted by molar-refractivity contribution is -0.144. The van der Waals surface area contributed by atoms with E-state index >= 15 is 0 Å². The first-order valence-corrected chi connectivity index (χ1v) is 4.53. The molecule has 6 nitrogen and oxygen atoms in total. The zero-order valence-electron chi connectivity index (χ0n) is 8.73. The van der Waals surface area contributed by atoms with Gasteiger partial charge in [0.05, 0.1) is 0 Å². The first-order chi connectivity index (χ1) is 7.07. The SMILES string of the molecule is C=CCCCN(C)C(=O)NOCC(=O)O. The Morgan fingerprint density at radius 2 is 2.27 bits per heavy atom. The lowest BCUT2D eigenvalue weighted by atomic mass is 10.3. The highest BCUT2D eigenvalue weighted by atomic mass is 16.7. The number of allylic oxidation sites excluding steroid dienone is 1. The second kappa shape index (κ2) is 7.81. The van der Waals surface area contributed by atoms with Gasteiger partial charge in [-0.1, -0.05) is 6.08 Å². The molecule has 0 aromatic rings. The van der Waals surface area contributed by atoms with Gasteiger partial charge in [0.15, 0.2) is 6.61 Å². The molecule has 2 N–H and O–H groups in total. The molecule has 86 valence electrons. The number of carbonyl (C=O) groups excluding carboxylic acids is 1. The van der Waals surface area contributed by atoms with Crippen LogP contribution >= 0.6 is 0 Å². The molecule has 0 heterocycles. The predicted molar refractivity (Wildman–Crippen MR) is 54.2 cm³/mol. The predicted octanol–water partition coefficient (Wildman–Crippen LogP) is 0.610. The van der Waals surface area contributed by atoms with Gasteiger partial charge in [-0.05, 0) is 12.8 Å². The highest BCUT2D eigenvalue weighted by molar-refractivity contribution is 5.73. The number of carboxylic acid groups (broad SMARTS) is 1. The van der Waals surface area contributed by atoms with Crippen molar-refractivity contribution in [2.24, 2.45) is 0 Å². The van der Waals surface area contributed by atoms with Gasteiger partial charge < -0.3 is 10.0 Å². The quantitative estimate of drug-likeness (QED) is 0.371. The van der Waals surface area contributed by atoms with E-state index in [4.69, 9.17) is 5.11 Å². The molecular weight excluding hydrogens is 200 g/mol. The van der Waals surface area contributed by atoms with Gasteiger partial charge in [-0.25, -0.2) is 15.1 Å². The minimum absolute atomic E-state index is 0.458. The highest BCUT2D eigenvalue weighted by Crippen LogP contribution is 1.93. The molecule has 0 atom stereocenters. The fraction of sp³-hybridized carbons (Fsp3) is 0.556. The van der Waals surface area contributed by atoms with Crippen molar-refractivity contribution in [2.45, 2.75) is 12.8 Å². The van der Waals surface area contributed by atoms with Crippen molar-refractivity contribution >= 4 is 12.0 Å². The topological polar surface area (TPSA) is 78.9 Å². The van der Waals surface area contributed by atoms with Crippen LogP contribution in [0.3, 0.4) is 0 Å². The largest absolute Gasteiger partial charge is 0.479 e. The molecule has 0 aromatic heterocycles. The Kier molecular flexibility index (Phi) is 7.00. The number of unbranched alkanes of at least 4 members (excludes halogenated alkanes) is 1. The van der Waals surface area contributed by atoms with Gasteiger partial charge in [-0.2, -0.15) is 0 Å². The van der Waals surface area contributed by atoms with E-state index in [0.29, 0.717) is 6.54 Å². The molecule has 0 aromatic carbocycles. The minimum atomic E-state index is -1.13. The van der Waals surface area contributed by atoms with Crippen molar-refractivity contribution in [1.82, 2.24) is 10.4 Å². The van der Waals surface area contributed by atoms with E-state index in [1.54, 1.807) is 13.1 Å². The van der Waals surface area contributed by atoms with Crippen LogP contribution < -0.4 is 5.48 Å². The van der Waals surface area contributed by atoms with Crippen molar-refractivity contribution in [2.75, 3.05) is 20.2 Å². The number of hydroxylamine groups is 1. The number of amides is 2. The number of urea groups is 1. The maximum absolute atomic E-state index is 11.2. The molecular formula is C9H16N2O4. The lowest BCUT2D eigenvalue weighted by Gasteiger charge is -2.16. The summed E-state index contributed by atoms with van der Waals surface area (Å²) < 4.78 is 0. The van der Waals surface area contributed by atoms with E-state index in [0.717, 1.165) is 12.8 Å². The summed E-state index contributed by atoms with van der Waals surface area (Å²) in [6.07, 6.45) is 3.41. The van der Waals surface area contributed by atoms with Crippen molar-refractivity contribution in [3.05, 3.63) is 12.7 Å². The Morgan fingerprint density at radius 1 is 1.60 bits per heavy atom. The smallest absolute Gasteiger partial charge is 0.341 e. The molecule has 0 fully saturated rings. The van der Waals surface area contributed by atoms with Gasteiger partial charge in [0.2, 0.25) is 0 Å². The van der Waals surface area contributed by atoms with Crippen LogP contribution in [0.4, 0.5) is 4.79 Å². The van der Waals surface area contributed by atoms with Crippen molar-refractivity contribution in [3.63, 3.8) is 0 Å². The molecule has 0 aliphatic heterocycles. The van der Waals surface area contributed by atoms with Crippen LogP contribution in [-0.2, 0) is 9.63 Å². The number of nitrogens with zero attached hydrogens (tertiary/aromatic N) is 1. The van der Waals surface area contributed by atoms with Gasteiger partial charge in [0.25, 0.3) is 0 Å². The third-order valence-electron chi connectivity index (χ3n) is 1.60. The Balaban J connectivity index is 3.59. The summed E-state index contributed by atoms with van der Waals surface area (Å²) in [6, 6.07) is -0.458. The third kappa shape index (κ3) is 7.51. The van der Waals surface area contributed by atoms with Gasteiger partial charge >= 0.3 is 12.0 Å². The van der Waals surface area contributed by atoms with E-state index in [1.807, 2.05) is 5.48 Å². The normalized spacial score (nSPS) is 9.40. The van der Waals surface area contributed by atoms with Crippen molar-refractivity contribution in [1.29, 1.82) is 0 Å². The van der Waals surface area contributed by atoms with Crippen LogP contribution in [0.2, 0.25) is 0 Å². The number of hydrogen-bond donors (Lipinski definition) is 2. The number of nitrogens with one attached hydrogen (secondary N) is 1. The summed E-state index contributed by atoms with van der Waals surface area (Å²) in [4.78, 5) is 27.1. The molecule has 0 saturated heterocycles. The highest BCUT2D eigenvalue weighted by Gasteiger charge is 2.07. The molecule has 0 radical (unpaired) electrons. The van der Waals surface area contributed by atoms with E-state index in [1.165, 1.54) is 4.90 Å². The molecule has 0 saturated carbocycles. The van der Waals surface area contributed by atoms with Crippen LogP contribution in [0.5, 0.6) is 0 Å². The molecule has 0 rings (SSSR count). The molecule has 6 heteroatoms. The number of carboxylic acids is 1. The summed E-state index contributed by atoms with van der Waals surface area (Å²) in [7, 11) is 1.60. The summed E-state index contributed by atoms with van der Waals surface area (Å²) >= 11 is 0. The number of carbonyl (C=O) groups is 2. The van der Waals surface area contributed by atoms with Crippen LogP contribution in [-0.4, -0.2) is 42.2 Å². The molecule has 0 aliphatic rings. The second-order valence-corrected chi connectivity index (χ2v) is 2.94. The summed E-state index contributed by atoms with van der Waals surface area (Å²) in [6.45, 7) is 3.58. The maximum atomic E-state index is 11.2. The van der Waals surface area contributed by atoms with Crippen LogP contribution in [0.1, 0.15) is 12.8 Å². The monoisotopic (exact) mass is 216 g/mol. The molecule has 15 heavy (non-hydrogen) atoms. The van der Waals surface area contributed by atoms with E-state index < -0.39 is 18.6 Å². The van der Waals surface area contributed by atoms with Crippen molar-refractivity contribution in [3.8, 4) is 0 Å². The Labute approximate surface area is 88.5 Å². The average Bonchev–Trinajstić information content (AvgIpc) is 2.17. The van der Waals surface area contributed by atoms with Gasteiger partial charge in [0.1, 0.15) is 0 Å². The van der Waals surface area contributed by atoms with E-state index in [2.05, 4.69) is 11.4 Å². The molecule has 2 amide bonds. The Morgan fingerprint density at radius 3 is 2.80 bits per heavy atom. The lowest BCUT2D eigenvalue weighted by Crippen LogP contribution is -2.38. The van der Waals surface area contributed by atoms with E-state index in [-0.39, 0.29) is 0 Å². The Bertz CT molecular complexity index is 230. The fourth-order valence-corrected chi connectivity index (χ4v) is 0.812. The minimum Gasteiger partial charge on any atom is -0.479 e. The van der Waals surface area contributed by atoms with Gasteiger partial charge in [0, 0.05) is 13.6 Å². The summed E-state index contributed by atoms with van der Waals surface area (Å²) in [5.74, 6) is -1.13. The standard InChI is InChI=1S/C9H16N2O4/c1-3-4-5-6-11(2)9(14)10-15-7-8(12)13/h3H,1,4-7H2,2H3,(H,10,14)(H,12,13). The third-order valence-corrected chi connectivity index (χ3v) is 1.60. The van der Waals surface area contributed by atoms with Crippen molar-refractivity contribution < 1.29 is 19.5 Å². The average molecular weight is 216 g/mol. The number of rotatable bonds is 7. The first kappa shape index (κ1) is 13.4. The van der Waals surface area contributed by atoms with E-state index in [9.17, 15) is 9.59 Å². The number of aliphatic carboxylic acids is 1.